The van der Waals surface area contributed by atoms with Crippen molar-refractivity contribution in [1.29, 1.82) is 0 Å². The smallest absolute Gasteiger partial charge is 0.280 e. The molecule has 0 aromatic carbocycles. The zero-order valence-electron chi connectivity index (χ0n) is 7.78. The maximum Gasteiger partial charge on any atom is 0.280 e. The lowest BCUT2D eigenvalue weighted by Crippen LogP contribution is -2.54. The molecule has 0 saturated carbocycles. The Morgan fingerprint density at radius 2 is 2.23 bits per heavy atom. The van der Waals surface area contributed by atoms with Crippen molar-refractivity contribution in [3.8, 4) is 0 Å². The van der Waals surface area contributed by atoms with E-state index in [0.717, 1.165) is 4.31 Å². The Morgan fingerprint density at radius 1 is 1.54 bits per heavy atom. The fraction of sp³-hybridized carbons (Fsp3) is 1.00. The zero-order chi connectivity index (χ0) is 9.90. The van der Waals surface area contributed by atoms with Crippen LogP contribution in [0.3, 0.4) is 0 Å². The highest BCUT2D eigenvalue weighted by atomic mass is 32.2. The van der Waals surface area contributed by atoms with Gasteiger partial charge in [-0.1, -0.05) is 0 Å². The van der Waals surface area contributed by atoms with Gasteiger partial charge in [-0.05, 0) is 0 Å². The molecule has 1 aliphatic heterocycles. The van der Waals surface area contributed by atoms with Crippen molar-refractivity contribution in [2.24, 2.45) is 0 Å². The molecule has 0 spiro atoms. The Balaban J connectivity index is 2.47. The summed E-state index contributed by atoms with van der Waals surface area (Å²) in [5.74, 6) is 0. The molecule has 1 atom stereocenters. The molecule has 7 heteroatoms. The highest BCUT2D eigenvalue weighted by Crippen LogP contribution is 1.94. The molecule has 0 radical (unpaired) electrons. The molecule has 2 N–H and O–H groups in total. The number of nitrogens with zero attached hydrogens (tertiary/aromatic N) is 1. The van der Waals surface area contributed by atoms with E-state index in [9.17, 15) is 8.42 Å². The summed E-state index contributed by atoms with van der Waals surface area (Å²) in [6, 6.07) is 0. The lowest BCUT2D eigenvalue weighted by atomic mass is 10.4. The van der Waals surface area contributed by atoms with Crippen LogP contribution in [0.5, 0.6) is 0 Å². The van der Waals surface area contributed by atoms with Crippen molar-refractivity contribution in [2.45, 2.75) is 6.17 Å². The number of rotatable bonds is 3. The van der Waals surface area contributed by atoms with Gasteiger partial charge in [-0.25, -0.2) is 0 Å². The molecule has 1 rings (SSSR count). The molecule has 0 amide bonds. The monoisotopic (exact) mass is 209 g/mol. The summed E-state index contributed by atoms with van der Waals surface area (Å²) in [7, 11) is -0.401. The third-order valence-corrected chi connectivity index (χ3v) is 3.24. The van der Waals surface area contributed by atoms with Crippen molar-refractivity contribution < 1.29 is 13.2 Å². The van der Waals surface area contributed by atoms with Gasteiger partial charge in [0, 0.05) is 20.6 Å². The molecular formula is C6H15N3O3S. The minimum absolute atomic E-state index is 0.318. The minimum atomic E-state index is -3.36. The molecule has 1 fully saturated rings. The quantitative estimate of drug-likeness (QED) is 0.583. The molecule has 0 aromatic rings. The largest absolute Gasteiger partial charge is 0.377 e. The second kappa shape index (κ2) is 4.34. The van der Waals surface area contributed by atoms with Crippen molar-refractivity contribution >= 4 is 10.2 Å². The van der Waals surface area contributed by atoms with Crippen molar-refractivity contribution in [3.05, 3.63) is 0 Å². The summed E-state index contributed by atoms with van der Waals surface area (Å²) < 4.78 is 31.3. The Bertz CT molecular complexity index is 246. The summed E-state index contributed by atoms with van der Waals surface area (Å²) in [6.45, 7) is 1.66. The maximum absolute atomic E-state index is 11.3. The number of hydrogen-bond donors (Lipinski definition) is 2. The summed E-state index contributed by atoms with van der Waals surface area (Å²) in [6.07, 6.45) is -0.318. The van der Waals surface area contributed by atoms with E-state index in [4.69, 9.17) is 4.74 Å². The molecule has 1 unspecified atom stereocenters. The Hall–Kier alpha value is -0.210. The van der Waals surface area contributed by atoms with Crippen molar-refractivity contribution in [2.75, 3.05) is 33.9 Å². The van der Waals surface area contributed by atoms with Crippen LogP contribution in [0.25, 0.3) is 0 Å². The molecule has 6 nitrogen and oxygen atoms in total. The third-order valence-electron chi connectivity index (χ3n) is 1.69. The Kier molecular flexibility index (Phi) is 3.63. The molecule has 0 bridgehead atoms. The summed E-state index contributed by atoms with van der Waals surface area (Å²) in [5, 5.41) is 2.99. The first kappa shape index (κ1) is 10.9. The zero-order valence-corrected chi connectivity index (χ0v) is 8.60. The molecule has 78 valence electrons. The van der Waals surface area contributed by atoms with Gasteiger partial charge >= 0.3 is 0 Å². The lowest BCUT2D eigenvalue weighted by molar-refractivity contribution is 0.0731. The van der Waals surface area contributed by atoms with Crippen LogP contribution in [0.2, 0.25) is 0 Å². The minimum Gasteiger partial charge on any atom is -0.377 e. The maximum atomic E-state index is 11.3. The fourth-order valence-corrected chi connectivity index (χ4v) is 1.65. The summed E-state index contributed by atoms with van der Waals surface area (Å²) >= 11 is 0. The molecule has 1 heterocycles. The fourth-order valence-electron chi connectivity index (χ4n) is 0.926. The first-order chi connectivity index (χ1) is 6.02. The van der Waals surface area contributed by atoms with E-state index >= 15 is 0 Å². The summed E-state index contributed by atoms with van der Waals surface area (Å²) in [5.41, 5.74) is 0. The Labute approximate surface area is 78.4 Å². The number of morpholine rings is 1. The van der Waals surface area contributed by atoms with Crippen LogP contribution >= 0.6 is 0 Å². The topological polar surface area (TPSA) is 70.7 Å². The van der Waals surface area contributed by atoms with Crippen LogP contribution in [0, 0.1) is 0 Å². The van der Waals surface area contributed by atoms with Gasteiger partial charge in [-0.3, -0.25) is 5.32 Å². The molecule has 1 saturated heterocycles. The molecule has 0 aromatic heterocycles. The van der Waals surface area contributed by atoms with E-state index in [1.165, 1.54) is 14.1 Å². The second-order valence-electron chi connectivity index (χ2n) is 2.99. The third kappa shape index (κ3) is 3.20. The van der Waals surface area contributed by atoms with Gasteiger partial charge in [-0.2, -0.15) is 17.4 Å². The van der Waals surface area contributed by atoms with E-state index < -0.39 is 10.2 Å². The predicted octanol–water partition coefficient (Wildman–Crippen LogP) is -1.67. The van der Waals surface area contributed by atoms with Crippen molar-refractivity contribution in [3.63, 3.8) is 0 Å². The molecular weight excluding hydrogens is 194 g/mol. The Morgan fingerprint density at radius 3 is 2.69 bits per heavy atom. The van der Waals surface area contributed by atoms with E-state index in [1.807, 2.05) is 0 Å². The van der Waals surface area contributed by atoms with E-state index in [1.54, 1.807) is 0 Å². The molecule has 0 aliphatic carbocycles. The number of ether oxygens (including phenoxy) is 1. The number of hydrogen-bond acceptors (Lipinski definition) is 4. The van der Waals surface area contributed by atoms with Crippen LogP contribution in [-0.4, -0.2) is 52.7 Å². The predicted molar refractivity (Wildman–Crippen MR) is 48.4 cm³/mol. The van der Waals surface area contributed by atoms with Crippen LogP contribution in [-0.2, 0) is 14.9 Å². The number of nitrogens with one attached hydrogen (secondary N) is 2. The average molecular weight is 209 g/mol. The van der Waals surface area contributed by atoms with Gasteiger partial charge in [-0.15, -0.1) is 0 Å². The SMILES string of the molecule is CN(C)S(=O)(=O)NC1COCCN1. The van der Waals surface area contributed by atoms with Crippen LogP contribution in [0.15, 0.2) is 0 Å². The lowest BCUT2D eigenvalue weighted by Gasteiger charge is -2.25. The standard InChI is InChI=1S/C6H15N3O3S/c1-9(2)13(10,11)8-6-5-12-4-3-7-6/h6-8H,3-5H2,1-2H3. The van der Waals surface area contributed by atoms with Crippen LogP contribution in [0.1, 0.15) is 0 Å². The molecule has 13 heavy (non-hydrogen) atoms. The van der Waals surface area contributed by atoms with Crippen molar-refractivity contribution in [1.82, 2.24) is 14.3 Å². The average Bonchev–Trinajstić information content (AvgIpc) is 2.05. The van der Waals surface area contributed by atoms with Crippen LogP contribution < -0.4 is 10.0 Å². The van der Waals surface area contributed by atoms with E-state index in [0.29, 0.717) is 19.8 Å². The first-order valence-corrected chi connectivity index (χ1v) is 5.47. The van der Waals surface area contributed by atoms with Gasteiger partial charge < -0.3 is 4.74 Å². The van der Waals surface area contributed by atoms with Gasteiger partial charge in [0.1, 0.15) is 0 Å². The highest BCUT2D eigenvalue weighted by molar-refractivity contribution is 7.87. The summed E-state index contributed by atoms with van der Waals surface area (Å²) in [4.78, 5) is 0. The van der Waals surface area contributed by atoms with Gasteiger partial charge in [0.05, 0.1) is 19.4 Å². The second-order valence-corrected chi connectivity index (χ2v) is 4.90. The van der Waals surface area contributed by atoms with E-state index in [2.05, 4.69) is 10.0 Å². The van der Waals surface area contributed by atoms with Gasteiger partial charge in [0.15, 0.2) is 0 Å². The van der Waals surface area contributed by atoms with E-state index in [-0.39, 0.29) is 6.17 Å². The molecule has 1 aliphatic rings. The first-order valence-electron chi connectivity index (χ1n) is 4.03. The highest BCUT2D eigenvalue weighted by Gasteiger charge is 2.21. The van der Waals surface area contributed by atoms with Crippen LogP contribution in [0.4, 0.5) is 0 Å². The normalized spacial score (nSPS) is 25.0. The van der Waals surface area contributed by atoms with Gasteiger partial charge in [0.2, 0.25) is 0 Å². The van der Waals surface area contributed by atoms with Gasteiger partial charge in [0.25, 0.3) is 10.2 Å².